The van der Waals surface area contributed by atoms with E-state index in [-0.39, 0.29) is 19.3 Å². The zero-order valence-corrected chi connectivity index (χ0v) is 12.4. The van der Waals surface area contributed by atoms with E-state index in [2.05, 4.69) is 24.3 Å². The van der Waals surface area contributed by atoms with Gasteiger partial charge in [-0.15, -0.1) is 0 Å². The number of carboxylic acids is 1. The van der Waals surface area contributed by atoms with Crippen LogP contribution in [0.4, 0.5) is 0 Å². The van der Waals surface area contributed by atoms with Crippen LogP contribution in [-0.4, -0.2) is 11.1 Å². The predicted molar refractivity (Wildman–Crippen MR) is 91.3 cm³/mol. The lowest BCUT2D eigenvalue weighted by molar-refractivity contribution is -0.142. The van der Waals surface area contributed by atoms with Crippen molar-refractivity contribution in [1.29, 1.82) is 0 Å². The first-order valence-corrected chi connectivity index (χ1v) is 7.61. The molecule has 116 valence electrons. The minimum atomic E-state index is -0.667. The summed E-state index contributed by atoms with van der Waals surface area (Å²) in [5.41, 5.74) is 3.38. The summed E-state index contributed by atoms with van der Waals surface area (Å²) in [4.78, 5) is 11.3. The summed E-state index contributed by atoms with van der Waals surface area (Å²) in [6, 6.07) is 16.0. The van der Waals surface area contributed by atoms with E-state index in [1.54, 1.807) is 0 Å². The van der Waals surface area contributed by atoms with E-state index in [9.17, 15) is 9.90 Å². The zero-order valence-electron chi connectivity index (χ0n) is 11.6. The molecule has 0 bridgehead atoms. The van der Waals surface area contributed by atoms with Crippen LogP contribution in [-0.2, 0) is 4.79 Å². The number of hydrogen-bond donors (Lipinski definition) is 1. The van der Waals surface area contributed by atoms with Crippen molar-refractivity contribution in [2.75, 3.05) is 0 Å². The molecule has 0 heterocycles. The summed E-state index contributed by atoms with van der Waals surface area (Å²) >= 11 is 5.90. The molecule has 1 fully saturated rings. The SMILES string of the molecule is C.O=C(O)C1CCCC1c1ccc(-c2ccc(Cl)cc2)cc1. The monoisotopic (exact) mass is 316 g/mol. The van der Waals surface area contributed by atoms with Gasteiger partial charge in [0.25, 0.3) is 0 Å². The summed E-state index contributed by atoms with van der Waals surface area (Å²) < 4.78 is 0. The zero-order chi connectivity index (χ0) is 14.8. The second-order valence-electron chi connectivity index (χ2n) is 5.61. The van der Waals surface area contributed by atoms with Gasteiger partial charge in [-0.25, -0.2) is 0 Å². The van der Waals surface area contributed by atoms with E-state index >= 15 is 0 Å². The van der Waals surface area contributed by atoms with Crippen molar-refractivity contribution < 1.29 is 9.90 Å². The van der Waals surface area contributed by atoms with Crippen molar-refractivity contribution in [3.8, 4) is 11.1 Å². The van der Waals surface area contributed by atoms with E-state index < -0.39 is 5.97 Å². The fourth-order valence-corrected chi connectivity index (χ4v) is 3.35. The van der Waals surface area contributed by atoms with Crippen LogP contribution >= 0.6 is 11.6 Å². The summed E-state index contributed by atoms with van der Waals surface area (Å²) in [5, 5.41) is 10.0. The molecule has 2 aromatic rings. The second kappa shape index (κ2) is 6.97. The summed E-state index contributed by atoms with van der Waals surface area (Å²) in [6.07, 6.45) is 2.76. The number of hydrogen-bond acceptors (Lipinski definition) is 1. The van der Waals surface area contributed by atoms with Gasteiger partial charge < -0.3 is 5.11 Å². The van der Waals surface area contributed by atoms with Gasteiger partial charge in [-0.05, 0) is 47.6 Å². The van der Waals surface area contributed by atoms with E-state index in [0.29, 0.717) is 0 Å². The molecule has 0 radical (unpaired) electrons. The number of rotatable bonds is 3. The molecule has 2 nitrogen and oxygen atoms in total. The highest BCUT2D eigenvalue weighted by Gasteiger charge is 2.33. The Kier molecular flexibility index (Phi) is 5.25. The quantitative estimate of drug-likeness (QED) is 0.799. The molecule has 22 heavy (non-hydrogen) atoms. The Labute approximate surface area is 136 Å². The Balaban J connectivity index is 0.00000176. The van der Waals surface area contributed by atoms with E-state index in [4.69, 9.17) is 11.6 Å². The van der Waals surface area contributed by atoms with Gasteiger partial charge in [0.2, 0.25) is 0 Å². The highest BCUT2D eigenvalue weighted by molar-refractivity contribution is 6.30. The fraction of sp³-hybridized carbons (Fsp3) is 0.316. The third kappa shape index (κ3) is 3.33. The van der Waals surface area contributed by atoms with Crippen LogP contribution in [0.15, 0.2) is 48.5 Å². The van der Waals surface area contributed by atoms with E-state index in [1.165, 1.54) is 0 Å². The minimum absolute atomic E-state index is 0. The molecule has 0 saturated heterocycles. The van der Waals surface area contributed by atoms with Gasteiger partial charge in [0.15, 0.2) is 0 Å². The number of carbonyl (C=O) groups is 1. The minimum Gasteiger partial charge on any atom is -0.481 e. The lowest BCUT2D eigenvalue weighted by atomic mass is 9.88. The fourth-order valence-electron chi connectivity index (χ4n) is 3.22. The Morgan fingerprint density at radius 1 is 0.955 bits per heavy atom. The molecule has 1 aliphatic rings. The number of halogens is 1. The first-order valence-electron chi connectivity index (χ1n) is 7.24. The number of carboxylic acid groups (broad SMARTS) is 1. The average Bonchev–Trinajstić information content (AvgIpc) is 2.98. The van der Waals surface area contributed by atoms with Crippen LogP contribution in [0.2, 0.25) is 5.02 Å². The van der Waals surface area contributed by atoms with E-state index in [1.807, 2.05) is 24.3 Å². The first-order chi connectivity index (χ1) is 10.1. The molecule has 2 atom stereocenters. The van der Waals surface area contributed by atoms with Crippen molar-refractivity contribution in [1.82, 2.24) is 0 Å². The largest absolute Gasteiger partial charge is 0.481 e. The molecule has 3 rings (SSSR count). The number of aliphatic carboxylic acids is 1. The van der Waals surface area contributed by atoms with Crippen LogP contribution in [0.3, 0.4) is 0 Å². The van der Waals surface area contributed by atoms with Crippen LogP contribution in [0, 0.1) is 5.92 Å². The average molecular weight is 317 g/mol. The van der Waals surface area contributed by atoms with Crippen molar-refractivity contribution >= 4 is 17.6 Å². The van der Waals surface area contributed by atoms with Gasteiger partial charge >= 0.3 is 5.97 Å². The molecule has 0 amide bonds. The second-order valence-corrected chi connectivity index (χ2v) is 6.05. The van der Waals surface area contributed by atoms with Crippen molar-refractivity contribution in [2.24, 2.45) is 5.92 Å². The topological polar surface area (TPSA) is 37.3 Å². The lowest BCUT2D eigenvalue weighted by Gasteiger charge is -2.16. The highest BCUT2D eigenvalue weighted by Crippen LogP contribution is 2.40. The molecule has 0 aromatic heterocycles. The molecular weight excluding hydrogens is 296 g/mol. The van der Waals surface area contributed by atoms with Gasteiger partial charge in [-0.1, -0.05) is 61.8 Å². The Hall–Kier alpha value is -1.80. The van der Waals surface area contributed by atoms with Gasteiger partial charge in [0.1, 0.15) is 0 Å². The molecule has 1 N–H and O–H groups in total. The normalized spacial score (nSPS) is 20.4. The maximum absolute atomic E-state index is 11.3. The molecule has 0 aliphatic heterocycles. The lowest BCUT2D eigenvalue weighted by Crippen LogP contribution is -2.16. The van der Waals surface area contributed by atoms with Crippen LogP contribution in [0.1, 0.15) is 38.2 Å². The summed E-state index contributed by atoms with van der Waals surface area (Å²) in [7, 11) is 0. The van der Waals surface area contributed by atoms with E-state index in [0.717, 1.165) is 41.0 Å². The first kappa shape index (κ1) is 16.6. The smallest absolute Gasteiger partial charge is 0.307 e. The third-order valence-electron chi connectivity index (χ3n) is 4.35. The highest BCUT2D eigenvalue weighted by atomic mass is 35.5. The van der Waals surface area contributed by atoms with Gasteiger partial charge in [-0.2, -0.15) is 0 Å². The van der Waals surface area contributed by atoms with Crippen LogP contribution in [0.5, 0.6) is 0 Å². The molecular formula is C19H21ClO2. The molecule has 2 unspecified atom stereocenters. The van der Waals surface area contributed by atoms with Crippen molar-refractivity contribution in [3.05, 3.63) is 59.1 Å². The molecule has 3 heteroatoms. The Morgan fingerprint density at radius 2 is 1.50 bits per heavy atom. The van der Waals surface area contributed by atoms with Gasteiger partial charge in [0.05, 0.1) is 5.92 Å². The summed E-state index contributed by atoms with van der Waals surface area (Å²) in [6.45, 7) is 0. The molecule has 1 saturated carbocycles. The standard InChI is InChI=1S/C18H17ClO2.CH4/c19-15-10-8-13(9-11-15)12-4-6-14(7-5-12)16-2-1-3-17(16)18(20)21;/h4-11,16-17H,1-3H2,(H,20,21);1H4. The van der Waals surface area contributed by atoms with Crippen LogP contribution < -0.4 is 0 Å². The predicted octanol–water partition coefficient (Wildman–Crippen LogP) is 5.61. The maximum Gasteiger partial charge on any atom is 0.307 e. The van der Waals surface area contributed by atoms with Crippen LogP contribution in [0.25, 0.3) is 11.1 Å². The Bertz CT molecular complexity index is 631. The Morgan fingerprint density at radius 3 is 2.05 bits per heavy atom. The summed E-state index contributed by atoms with van der Waals surface area (Å²) in [5.74, 6) is -0.743. The van der Waals surface area contributed by atoms with Gasteiger partial charge in [0, 0.05) is 5.02 Å². The van der Waals surface area contributed by atoms with Crippen molar-refractivity contribution in [3.63, 3.8) is 0 Å². The maximum atomic E-state index is 11.3. The third-order valence-corrected chi connectivity index (χ3v) is 4.60. The van der Waals surface area contributed by atoms with Gasteiger partial charge in [-0.3, -0.25) is 4.79 Å². The molecule has 0 spiro atoms. The molecule has 1 aliphatic carbocycles. The number of benzene rings is 2. The van der Waals surface area contributed by atoms with Crippen molar-refractivity contribution in [2.45, 2.75) is 32.6 Å². The molecule has 2 aromatic carbocycles.